The number of hydrogen-bond acceptors (Lipinski definition) is 3. The number of nitrogens with one attached hydrogen (secondary N) is 1. The van der Waals surface area contributed by atoms with Gasteiger partial charge in [-0.05, 0) is 44.1 Å². The van der Waals surface area contributed by atoms with Gasteiger partial charge in [0.1, 0.15) is 5.78 Å². The van der Waals surface area contributed by atoms with Gasteiger partial charge in [0.15, 0.2) is 0 Å². The molecular formula is C19H26N2O2. The highest BCUT2D eigenvalue weighted by Crippen LogP contribution is 2.24. The van der Waals surface area contributed by atoms with Gasteiger partial charge in [0.25, 0.3) is 0 Å². The van der Waals surface area contributed by atoms with Gasteiger partial charge in [-0.2, -0.15) is 0 Å². The lowest BCUT2D eigenvalue weighted by Gasteiger charge is -2.33. The molecule has 4 heteroatoms. The van der Waals surface area contributed by atoms with Crippen LogP contribution in [0.25, 0.3) is 0 Å². The second-order valence-corrected chi connectivity index (χ2v) is 6.96. The van der Waals surface area contributed by atoms with E-state index < -0.39 is 0 Å². The Labute approximate surface area is 138 Å². The zero-order valence-electron chi connectivity index (χ0n) is 13.8. The summed E-state index contributed by atoms with van der Waals surface area (Å²) < 4.78 is 0. The molecule has 2 unspecified atom stereocenters. The molecule has 4 nitrogen and oxygen atoms in total. The summed E-state index contributed by atoms with van der Waals surface area (Å²) in [7, 11) is 0. The summed E-state index contributed by atoms with van der Waals surface area (Å²) in [6, 6.07) is 10.4. The van der Waals surface area contributed by atoms with E-state index in [1.807, 2.05) is 11.0 Å². The molecule has 0 aliphatic carbocycles. The van der Waals surface area contributed by atoms with Crippen molar-refractivity contribution in [1.82, 2.24) is 10.2 Å². The second kappa shape index (κ2) is 7.26. The third kappa shape index (κ3) is 3.99. The summed E-state index contributed by atoms with van der Waals surface area (Å²) in [6.45, 7) is 3.96. The minimum Gasteiger partial charge on any atom is -0.341 e. The highest BCUT2D eigenvalue weighted by Gasteiger charge is 2.35. The van der Waals surface area contributed by atoms with E-state index in [1.54, 1.807) is 6.92 Å². The molecule has 2 saturated heterocycles. The van der Waals surface area contributed by atoms with Gasteiger partial charge in [0, 0.05) is 25.6 Å². The van der Waals surface area contributed by atoms with E-state index in [9.17, 15) is 9.59 Å². The standard InChI is InChI=1S/C19H26N2O2/c1-14(22)17-12-18(20-13-17)19(23)21-9-7-16(8-10-21)11-15-5-3-2-4-6-15/h2-6,16-18,20H,7-13H2,1H3. The Morgan fingerprint density at radius 2 is 1.87 bits per heavy atom. The first-order valence-electron chi connectivity index (χ1n) is 8.70. The molecule has 2 aliphatic heterocycles. The van der Waals surface area contributed by atoms with Crippen molar-refractivity contribution in [2.45, 2.75) is 38.6 Å². The fourth-order valence-electron chi connectivity index (χ4n) is 3.76. The maximum Gasteiger partial charge on any atom is 0.239 e. The summed E-state index contributed by atoms with van der Waals surface area (Å²) in [5, 5.41) is 3.22. The van der Waals surface area contributed by atoms with E-state index >= 15 is 0 Å². The molecule has 0 radical (unpaired) electrons. The average Bonchev–Trinajstić information content (AvgIpc) is 3.06. The van der Waals surface area contributed by atoms with Gasteiger partial charge in [-0.15, -0.1) is 0 Å². The molecule has 0 spiro atoms. The molecule has 0 bridgehead atoms. The van der Waals surface area contributed by atoms with Gasteiger partial charge < -0.3 is 10.2 Å². The Balaban J connectivity index is 1.47. The van der Waals surface area contributed by atoms with Crippen LogP contribution in [0.2, 0.25) is 0 Å². The third-order valence-corrected chi connectivity index (χ3v) is 5.30. The number of Topliss-reactive ketones (excluding diaryl/α,β-unsaturated/α-hetero) is 1. The molecular weight excluding hydrogens is 288 g/mol. The Hall–Kier alpha value is -1.68. The molecule has 0 saturated carbocycles. The van der Waals surface area contributed by atoms with E-state index in [4.69, 9.17) is 0 Å². The number of nitrogens with zero attached hydrogens (tertiary/aromatic N) is 1. The number of amides is 1. The number of benzene rings is 1. The number of likely N-dealkylation sites (tertiary alicyclic amines) is 1. The maximum atomic E-state index is 12.6. The smallest absolute Gasteiger partial charge is 0.239 e. The fraction of sp³-hybridized carbons (Fsp3) is 0.579. The molecule has 1 amide bonds. The van der Waals surface area contributed by atoms with Crippen molar-refractivity contribution in [3.63, 3.8) is 0 Å². The Morgan fingerprint density at radius 1 is 1.17 bits per heavy atom. The lowest BCUT2D eigenvalue weighted by molar-refractivity contribution is -0.134. The Kier molecular flexibility index (Phi) is 5.11. The number of ketones is 1. The molecule has 1 aromatic rings. The number of carbonyl (C=O) groups excluding carboxylic acids is 2. The van der Waals surface area contributed by atoms with Crippen LogP contribution in [0.1, 0.15) is 31.7 Å². The van der Waals surface area contributed by atoms with Crippen LogP contribution < -0.4 is 5.32 Å². The summed E-state index contributed by atoms with van der Waals surface area (Å²) in [5.41, 5.74) is 1.39. The first-order chi connectivity index (χ1) is 11.1. The van der Waals surface area contributed by atoms with Crippen LogP contribution >= 0.6 is 0 Å². The van der Waals surface area contributed by atoms with Crippen molar-refractivity contribution in [1.29, 1.82) is 0 Å². The molecule has 23 heavy (non-hydrogen) atoms. The van der Waals surface area contributed by atoms with Gasteiger partial charge in [-0.1, -0.05) is 30.3 Å². The van der Waals surface area contributed by atoms with Gasteiger partial charge >= 0.3 is 0 Å². The molecule has 0 aromatic heterocycles. The Bertz CT molecular complexity index is 550. The predicted molar refractivity (Wildman–Crippen MR) is 90.0 cm³/mol. The summed E-state index contributed by atoms with van der Waals surface area (Å²) in [4.78, 5) is 26.0. The van der Waals surface area contributed by atoms with Crippen LogP contribution in [0.4, 0.5) is 0 Å². The number of rotatable bonds is 4. The first-order valence-corrected chi connectivity index (χ1v) is 8.70. The summed E-state index contributed by atoms with van der Waals surface area (Å²) >= 11 is 0. The van der Waals surface area contributed by atoms with Crippen molar-refractivity contribution < 1.29 is 9.59 Å². The van der Waals surface area contributed by atoms with Crippen molar-refractivity contribution >= 4 is 11.7 Å². The lowest BCUT2D eigenvalue weighted by Crippen LogP contribution is -2.47. The molecule has 1 N–H and O–H groups in total. The predicted octanol–water partition coefficient (Wildman–Crippen LogP) is 2.03. The average molecular weight is 314 g/mol. The third-order valence-electron chi connectivity index (χ3n) is 5.30. The quantitative estimate of drug-likeness (QED) is 0.925. The topological polar surface area (TPSA) is 49.4 Å². The minimum absolute atomic E-state index is 0.0135. The fourth-order valence-corrected chi connectivity index (χ4v) is 3.76. The van der Waals surface area contributed by atoms with Crippen LogP contribution in [-0.2, 0) is 16.0 Å². The van der Waals surface area contributed by atoms with Crippen molar-refractivity contribution in [2.75, 3.05) is 19.6 Å². The van der Waals surface area contributed by atoms with Gasteiger partial charge in [-0.25, -0.2) is 0 Å². The molecule has 2 aliphatic rings. The zero-order chi connectivity index (χ0) is 16.2. The number of hydrogen-bond donors (Lipinski definition) is 1. The monoisotopic (exact) mass is 314 g/mol. The van der Waals surface area contributed by atoms with Crippen LogP contribution in [0, 0.1) is 11.8 Å². The van der Waals surface area contributed by atoms with Crippen molar-refractivity contribution in [3.05, 3.63) is 35.9 Å². The van der Waals surface area contributed by atoms with Gasteiger partial charge in [0.2, 0.25) is 5.91 Å². The van der Waals surface area contributed by atoms with Crippen molar-refractivity contribution in [2.24, 2.45) is 11.8 Å². The minimum atomic E-state index is -0.158. The molecule has 2 atom stereocenters. The molecule has 3 rings (SSSR count). The second-order valence-electron chi connectivity index (χ2n) is 6.96. The molecule has 1 aromatic carbocycles. The van der Waals surface area contributed by atoms with Gasteiger partial charge in [-0.3, -0.25) is 9.59 Å². The highest BCUT2D eigenvalue weighted by molar-refractivity contribution is 5.85. The van der Waals surface area contributed by atoms with E-state index in [-0.39, 0.29) is 23.7 Å². The lowest BCUT2D eigenvalue weighted by atomic mass is 9.90. The zero-order valence-corrected chi connectivity index (χ0v) is 13.8. The van der Waals surface area contributed by atoms with E-state index in [2.05, 4.69) is 29.6 Å². The largest absolute Gasteiger partial charge is 0.341 e. The van der Waals surface area contributed by atoms with E-state index in [0.717, 1.165) is 32.4 Å². The van der Waals surface area contributed by atoms with E-state index in [0.29, 0.717) is 18.9 Å². The summed E-state index contributed by atoms with van der Waals surface area (Å²) in [5.74, 6) is 1.06. The summed E-state index contributed by atoms with van der Waals surface area (Å²) in [6.07, 6.45) is 3.92. The van der Waals surface area contributed by atoms with Gasteiger partial charge in [0.05, 0.1) is 6.04 Å². The van der Waals surface area contributed by atoms with Crippen LogP contribution in [-0.4, -0.2) is 42.3 Å². The highest BCUT2D eigenvalue weighted by atomic mass is 16.2. The van der Waals surface area contributed by atoms with Crippen LogP contribution in [0.3, 0.4) is 0 Å². The number of piperidine rings is 1. The van der Waals surface area contributed by atoms with Crippen LogP contribution in [0.15, 0.2) is 30.3 Å². The van der Waals surface area contributed by atoms with Crippen LogP contribution in [0.5, 0.6) is 0 Å². The first kappa shape index (κ1) is 16.2. The van der Waals surface area contributed by atoms with E-state index in [1.165, 1.54) is 5.56 Å². The number of carbonyl (C=O) groups is 2. The molecule has 2 heterocycles. The molecule has 124 valence electrons. The Morgan fingerprint density at radius 3 is 2.48 bits per heavy atom. The SMILES string of the molecule is CC(=O)C1CNC(C(=O)N2CCC(Cc3ccccc3)CC2)C1. The normalized spacial score (nSPS) is 25.5. The maximum absolute atomic E-state index is 12.6. The molecule has 2 fully saturated rings. The van der Waals surface area contributed by atoms with Crippen molar-refractivity contribution in [3.8, 4) is 0 Å².